The van der Waals surface area contributed by atoms with Gasteiger partial charge in [0.05, 0.1) is 20.1 Å². The maximum absolute atomic E-state index is 11.7. The lowest BCUT2D eigenvalue weighted by atomic mass is 9.98. The van der Waals surface area contributed by atoms with Gasteiger partial charge >= 0.3 is 5.97 Å². The molecular formula is C17H27NO3. The van der Waals surface area contributed by atoms with E-state index in [2.05, 4.69) is 24.4 Å². The second-order valence-electron chi connectivity index (χ2n) is 5.24. The third-order valence-corrected chi connectivity index (χ3v) is 3.38. The lowest BCUT2D eigenvalue weighted by Crippen LogP contribution is -2.34. The van der Waals surface area contributed by atoms with Crippen molar-refractivity contribution in [1.29, 1.82) is 0 Å². The summed E-state index contributed by atoms with van der Waals surface area (Å²) in [6.07, 6.45) is 1.12. The molecule has 21 heavy (non-hydrogen) atoms. The summed E-state index contributed by atoms with van der Waals surface area (Å²) in [4.78, 5) is 11.7. The molecule has 118 valence electrons. The molecule has 0 fully saturated rings. The zero-order chi connectivity index (χ0) is 15.8. The number of nitrogens with one attached hydrogen (secondary N) is 1. The number of esters is 1. The molecule has 0 aliphatic heterocycles. The zero-order valence-corrected chi connectivity index (χ0v) is 13.8. The van der Waals surface area contributed by atoms with E-state index in [4.69, 9.17) is 9.47 Å². The standard InChI is InChI=1S/C17H27NO3/c1-6-18-15(11-16(19)21-7-2)10-14-9-12(3)8-13(4)17(14)20-5/h8-9,15,18H,6-7,10-11H2,1-5H3. The number of hydrogen-bond acceptors (Lipinski definition) is 4. The highest BCUT2D eigenvalue weighted by atomic mass is 16.5. The summed E-state index contributed by atoms with van der Waals surface area (Å²) >= 11 is 0. The van der Waals surface area contributed by atoms with Crippen LogP contribution in [0.15, 0.2) is 12.1 Å². The number of aryl methyl sites for hydroxylation is 2. The van der Waals surface area contributed by atoms with Crippen LogP contribution >= 0.6 is 0 Å². The Morgan fingerprint density at radius 3 is 2.57 bits per heavy atom. The van der Waals surface area contributed by atoms with E-state index in [9.17, 15) is 4.79 Å². The molecule has 1 aromatic rings. The molecular weight excluding hydrogens is 266 g/mol. The molecule has 4 heteroatoms. The molecule has 0 saturated carbocycles. The van der Waals surface area contributed by atoms with E-state index in [1.807, 2.05) is 20.8 Å². The van der Waals surface area contributed by atoms with E-state index in [1.165, 1.54) is 5.56 Å². The number of hydrogen-bond donors (Lipinski definition) is 1. The van der Waals surface area contributed by atoms with Crippen LogP contribution in [-0.2, 0) is 16.0 Å². The molecule has 0 saturated heterocycles. The van der Waals surface area contributed by atoms with Crippen LogP contribution < -0.4 is 10.1 Å². The van der Waals surface area contributed by atoms with Gasteiger partial charge in [-0.15, -0.1) is 0 Å². The number of methoxy groups -OCH3 is 1. The average Bonchev–Trinajstić information content (AvgIpc) is 2.38. The van der Waals surface area contributed by atoms with Gasteiger partial charge in [-0.05, 0) is 44.9 Å². The topological polar surface area (TPSA) is 47.6 Å². The maximum Gasteiger partial charge on any atom is 0.307 e. The van der Waals surface area contributed by atoms with E-state index < -0.39 is 0 Å². The monoisotopic (exact) mass is 293 g/mol. The molecule has 0 radical (unpaired) electrons. The van der Waals surface area contributed by atoms with Crippen LogP contribution in [0.2, 0.25) is 0 Å². The Hall–Kier alpha value is -1.55. The van der Waals surface area contributed by atoms with Crippen molar-refractivity contribution in [2.24, 2.45) is 0 Å². The van der Waals surface area contributed by atoms with Gasteiger partial charge in [0.15, 0.2) is 0 Å². The molecule has 4 nitrogen and oxygen atoms in total. The van der Waals surface area contributed by atoms with Gasteiger partial charge in [0.2, 0.25) is 0 Å². The Balaban J connectivity index is 2.90. The first-order valence-electron chi connectivity index (χ1n) is 7.54. The summed E-state index contributed by atoms with van der Waals surface area (Å²) in [7, 11) is 1.69. The van der Waals surface area contributed by atoms with Gasteiger partial charge in [0.25, 0.3) is 0 Å². The highest BCUT2D eigenvalue weighted by Gasteiger charge is 2.17. The number of benzene rings is 1. The minimum Gasteiger partial charge on any atom is -0.496 e. The van der Waals surface area contributed by atoms with Crippen molar-refractivity contribution in [3.8, 4) is 5.75 Å². The Labute approximate surface area is 127 Å². The van der Waals surface area contributed by atoms with Crippen molar-refractivity contribution in [2.45, 2.75) is 46.6 Å². The summed E-state index contributed by atoms with van der Waals surface area (Å²) in [6, 6.07) is 4.29. The molecule has 0 amide bonds. The van der Waals surface area contributed by atoms with Gasteiger partial charge in [-0.25, -0.2) is 0 Å². The average molecular weight is 293 g/mol. The summed E-state index contributed by atoms with van der Waals surface area (Å²) in [5.74, 6) is 0.749. The third-order valence-electron chi connectivity index (χ3n) is 3.38. The third kappa shape index (κ3) is 5.38. The van der Waals surface area contributed by atoms with Crippen LogP contribution in [-0.4, -0.2) is 32.3 Å². The van der Waals surface area contributed by atoms with Crippen LogP contribution in [0.25, 0.3) is 0 Å². The Morgan fingerprint density at radius 2 is 2.00 bits per heavy atom. The van der Waals surface area contributed by atoms with Crippen LogP contribution in [0, 0.1) is 13.8 Å². The zero-order valence-electron chi connectivity index (χ0n) is 13.8. The second kappa shape index (κ2) is 8.67. The van der Waals surface area contributed by atoms with Crippen molar-refractivity contribution in [1.82, 2.24) is 5.32 Å². The smallest absolute Gasteiger partial charge is 0.307 e. The van der Waals surface area contributed by atoms with E-state index in [-0.39, 0.29) is 12.0 Å². The van der Waals surface area contributed by atoms with E-state index in [1.54, 1.807) is 7.11 Å². The lowest BCUT2D eigenvalue weighted by Gasteiger charge is -2.20. The Kier molecular flexibility index (Phi) is 7.23. The normalized spacial score (nSPS) is 12.0. The maximum atomic E-state index is 11.7. The van der Waals surface area contributed by atoms with Crippen molar-refractivity contribution in [3.05, 3.63) is 28.8 Å². The van der Waals surface area contributed by atoms with E-state index in [0.717, 1.165) is 29.8 Å². The molecule has 1 unspecified atom stereocenters. The summed E-state index contributed by atoms with van der Waals surface area (Å²) in [6.45, 7) is 9.22. The molecule has 0 spiro atoms. The molecule has 1 N–H and O–H groups in total. The molecule has 0 aliphatic rings. The van der Waals surface area contributed by atoms with Crippen LogP contribution in [0.1, 0.15) is 37.0 Å². The highest BCUT2D eigenvalue weighted by molar-refractivity contribution is 5.70. The van der Waals surface area contributed by atoms with Gasteiger partial charge in [0.1, 0.15) is 5.75 Å². The van der Waals surface area contributed by atoms with Gasteiger partial charge in [-0.1, -0.05) is 24.6 Å². The first-order valence-corrected chi connectivity index (χ1v) is 7.54. The van der Waals surface area contributed by atoms with E-state index >= 15 is 0 Å². The quantitative estimate of drug-likeness (QED) is 0.749. The number of ether oxygens (including phenoxy) is 2. The fourth-order valence-electron chi connectivity index (χ4n) is 2.68. The summed E-state index contributed by atoms with van der Waals surface area (Å²) in [5.41, 5.74) is 3.46. The second-order valence-corrected chi connectivity index (χ2v) is 5.24. The number of carbonyl (C=O) groups excluding carboxylic acids is 1. The minimum absolute atomic E-state index is 0.0594. The lowest BCUT2D eigenvalue weighted by molar-refractivity contribution is -0.143. The first kappa shape index (κ1) is 17.5. The molecule has 0 aromatic heterocycles. The van der Waals surface area contributed by atoms with Crippen molar-refractivity contribution in [2.75, 3.05) is 20.3 Å². The predicted octanol–water partition coefficient (Wildman–Crippen LogP) is 2.79. The van der Waals surface area contributed by atoms with E-state index in [0.29, 0.717) is 13.0 Å². The SMILES string of the molecule is CCNC(CC(=O)OCC)Cc1cc(C)cc(C)c1OC. The first-order chi connectivity index (χ1) is 10.0. The van der Waals surface area contributed by atoms with Gasteiger partial charge in [0, 0.05) is 6.04 Å². The van der Waals surface area contributed by atoms with Crippen LogP contribution in [0.5, 0.6) is 5.75 Å². The molecule has 1 aromatic carbocycles. The molecule has 1 atom stereocenters. The Morgan fingerprint density at radius 1 is 1.29 bits per heavy atom. The van der Waals surface area contributed by atoms with Crippen LogP contribution in [0.4, 0.5) is 0 Å². The fraction of sp³-hybridized carbons (Fsp3) is 0.588. The Bertz CT molecular complexity index is 471. The van der Waals surface area contributed by atoms with Gasteiger partial charge in [-0.2, -0.15) is 0 Å². The van der Waals surface area contributed by atoms with Crippen molar-refractivity contribution < 1.29 is 14.3 Å². The summed E-state index contributed by atoms with van der Waals surface area (Å²) < 4.78 is 10.6. The number of rotatable bonds is 8. The number of likely N-dealkylation sites (N-methyl/N-ethyl adjacent to an activating group) is 1. The van der Waals surface area contributed by atoms with Crippen molar-refractivity contribution >= 4 is 5.97 Å². The van der Waals surface area contributed by atoms with Gasteiger partial charge in [-0.3, -0.25) is 4.79 Å². The molecule has 0 aliphatic carbocycles. The fourth-order valence-corrected chi connectivity index (χ4v) is 2.68. The predicted molar refractivity (Wildman–Crippen MR) is 84.9 cm³/mol. The number of carbonyl (C=O) groups is 1. The van der Waals surface area contributed by atoms with Crippen molar-refractivity contribution in [3.63, 3.8) is 0 Å². The van der Waals surface area contributed by atoms with Crippen LogP contribution in [0.3, 0.4) is 0 Å². The summed E-state index contributed by atoms with van der Waals surface area (Å²) in [5, 5.41) is 3.35. The molecule has 0 bridgehead atoms. The molecule has 0 heterocycles. The minimum atomic E-state index is -0.160. The largest absolute Gasteiger partial charge is 0.496 e. The highest BCUT2D eigenvalue weighted by Crippen LogP contribution is 2.26. The van der Waals surface area contributed by atoms with Gasteiger partial charge < -0.3 is 14.8 Å². The molecule has 1 rings (SSSR count).